The van der Waals surface area contributed by atoms with E-state index in [0.29, 0.717) is 28.8 Å². The van der Waals surface area contributed by atoms with Crippen molar-refractivity contribution in [2.45, 2.75) is 24.5 Å². The zero-order chi connectivity index (χ0) is 23.5. The van der Waals surface area contributed by atoms with E-state index in [4.69, 9.17) is 37.4 Å². The van der Waals surface area contributed by atoms with E-state index in [2.05, 4.69) is 41.4 Å². The number of imidazole rings is 1. The monoisotopic (exact) mass is 494 g/mol. The molecule has 3 aromatic carbocycles. The molecule has 0 N–H and O–H groups in total. The minimum atomic E-state index is -1.10. The molecule has 34 heavy (non-hydrogen) atoms. The van der Waals surface area contributed by atoms with Crippen LogP contribution in [0.25, 0.3) is 11.1 Å². The number of ether oxygens (including phenoxy) is 3. The van der Waals surface area contributed by atoms with Gasteiger partial charge in [0.2, 0.25) is 5.79 Å². The van der Waals surface area contributed by atoms with E-state index >= 15 is 0 Å². The summed E-state index contributed by atoms with van der Waals surface area (Å²) in [4.78, 5) is 4.15. The summed E-state index contributed by atoms with van der Waals surface area (Å²) in [6.07, 6.45) is 4.64. The molecule has 1 aromatic heterocycles. The predicted molar refractivity (Wildman–Crippen MR) is 133 cm³/mol. The van der Waals surface area contributed by atoms with Crippen LogP contribution >= 0.6 is 23.2 Å². The minimum absolute atomic E-state index is 0.319. The standard InChI is InChI=1S/C27H24Cl2N2O3/c1-32-26(21-9-7-20(8-10-21)19-5-3-2-4-6-19)25-16-33-27(34-25,17-31-14-13-30-18-31)23-12-11-22(28)15-24(23)29/h2-15,18,25-26H,16-17H2,1H3. The Morgan fingerprint density at radius 3 is 2.50 bits per heavy atom. The molecule has 0 radical (unpaired) electrons. The van der Waals surface area contributed by atoms with Crippen LogP contribution in [-0.4, -0.2) is 29.4 Å². The largest absolute Gasteiger partial charge is 0.374 e. The Balaban J connectivity index is 1.43. The summed E-state index contributed by atoms with van der Waals surface area (Å²) in [5.41, 5.74) is 4.03. The number of hydrogen-bond donors (Lipinski definition) is 0. The van der Waals surface area contributed by atoms with Gasteiger partial charge < -0.3 is 18.8 Å². The van der Waals surface area contributed by atoms with Gasteiger partial charge in [-0.3, -0.25) is 0 Å². The molecule has 1 aliphatic heterocycles. The summed E-state index contributed by atoms with van der Waals surface area (Å²) in [5, 5.41) is 1.03. The smallest absolute Gasteiger partial charge is 0.215 e. The number of nitrogens with zero attached hydrogens (tertiary/aromatic N) is 2. The molecule has 0 spiro atoms. The van der Waals surface area contributed by atoms with Gasteiger partial charge >= 0.3 is 0 Å². The number of rotatable bonds is 7. The Kier molecular flexibility index (Phi) is 6.73. The van der Waals surface area contributed by atoms with E-state index in [1.165, 1.54) is 5.56 Å². The average Bonchev–Trinajstić information content (AvgIpc) is 3.52. The molecule has 3 atom stereocenters. The lowest BCUT2D eigenvalue weighted by Gasteiger charge is -2.31. The molecule has 1 fully saturated rings. The first-order chi connectivity index (χ1) is 16.6. The Bertz CT molecular complexity index is 1230. The normalized spacial score (nSPS) is 21.0. The van der Waals surface area contributed by atoms with Gasteiger partial charge in [-0.05, 0) is 28.8 Å². The Labute approximate surface area is 208 Å². The van der Waals surface area contributed by atoms with Crippen LogP contribution in [0.4, 0.5) is 0 Å². The van der Waals surface area contributed by atoms with Crippen LogP contribution in [0, 0.1) is 0 Å². The van der Waals surface area contributed by atoms with Crippen molar-refractivity contribution in [2.24, 2.45) is 0 Å². The second-order valence-electron chi connectivity index (χ2n) is 8.22. The van der Waals surface area contributed by atoms with Crippen LogP contribution in [0.3, 0.4) is 0 Å². The van der Waals surface area contributed by atoms with E-state index in [-0.39, 0.29) is 12.2 Å². The molecule has 2 heterocycles. The van der Waals surface area contributed by atoms with Crippen LogP contribution in [0.15, 0.2) is 91.5 Å². The highest BCUT2D eigenvalue weighted by atomic mass is 35.5. The first-order valence-corrected chi connectivity index (χ1v) is 11.7. The van der Waals surface area contributed by atoms with Gasteiger partial charge in [0, 0.05) is 30.1 Å². The lowest BCUT2D eigenvalue weighted by atomic mass is 9.99. The maximum absolute atomic E-state index is 6.63. The molecule has 0 saturated carbocycles. The molecular formula is C27H24Cl2N2O3. The van der Waals surface area contributed by atoms with Crippen molar-refractivity contribution in [1.29, 1.82) is 0 Å². The number of halogens is 2. The van der Waals surface area contributed by atoms with Crippen molar-refractivity contribution in [3.8, 4) is 11.1 Å². The number of hydrogen-bond acceptors (Lipinski definition) is 4. The molecule has 174 valence electrons. The van der Waals surface area contributed by atoms with E-state index in [1.54, 1.807) is 31.8 Å². The quantitative estimate of drug-likeness (QED) is 0.293. The van der Waals surface area contributed by atoms with Gasteiger partial charge in [0.15, 0.2) is 0 Å². The third kappa shape index (κ3) is 4.63. The van der Waals surface area contributed by atoms with Gasteiger partial charge in [-0.2, -0.15) is 0 Å². The Morgan fingerprint density at radius 1 is 1.06 bits per heavy atom. The molecule has 0 aliphatic carbocycles. The van der Waals surface area contributed by atoms with Crippen LogP contribution in [0.5, 0.6) is 0 Å². The van der Waals surface area contributed by atoms with Gasteiger partial charge in [-0.1, -0.05) is 83.9 Å². The summed E-state index contributed by atoms with van der Waals surface area (Å²) in [6.45, 7) is 0.723. The van der Waals surface area contributed by atoms with Crippen LogP contribution in [0.2, 0.25) is 10.0 Å². The molecule has 0 bridgehead atoms. The van der Waals surface area contributed by atoms with E-state index < -0.39 is 5.79 Å². The summed E-state index contributed by atoms with van der Waals surface area (Å²) >= 11 is 12.7. The van der Waals surface area contributed by atoms with Crippen molar-refractivity contribution in [1.82, 2.24) is 9.55 Å². The molecule has 1 aliphatic rings. The van der Waals surface area contributed by atoms with Gasteiger partial charge in [0.05, 0.1) is 24.5 Å². The zero-order valence-corrected chi connectivity index (χ0v) is 20.1. The molecule has 0 amide bonds. The second-order valence-corrected chi connectivity index (χ2v) is 9.07. The van der Waals surface area contributed by atoms with Crippen molar-refractivity contribution in [2.75, 3.05) is 13.7 Å². The van der Waals surface area contributed by atoms with E-state index in [0.717, 1.165) is 11.1 Å². The maximum Gasteiger partial charge on any atom is 0.215 e. The fraction of sp³-hybridized carbons (Fsp3) is 0.222. The van der Waals surface area contributed by atoms with Gasteiger partial charge in [0.25, 0.3) is 0 Å². The van der Waals surface area contributed by atoms with Crippen LogP contribution in [0.1, 0.15) is 17.2 Å². The van der Waals surface area contributed by atoms with E-state index in [1.807, 2.05) is 35.0 Å². The third-order valence-corrected chi connectivity index (χ3v) is 6.60. The molecule has 4 aromatic rings. The van der Waals surface area contributed by atoms with Crippen LogP contribution in [-0.2, 0) is 26.5 Å². The molecule has 5 rings (SSSR count). The number of methoxy groups -OCH3 is 1. The first kappa shape index (κ1) is 23.1. The SMILES string of the molecule is COC(c1ccc(-c2ccccc2)cc1)C1COC(Cn2ccnc2)(c2ccc(Cl)cc2Cl)O1. The van der Waals surface area contributed by atoms with Crippen LogP contribution < -0.4 is 0 Å². The van der Waals surface area contributed by atoms with Gasteiger partial charge in [0.1, 0.15) is 12.2 Å². The van der Waals surface area contributed by atoms with Crippen molar-refractivity contribution < 1.29 is 14.2 Å². The van der Waals surface area contributed by atoms with Crippen molar-refractivity contribution >= 4 is 23.2 Å². The molecule has 5 nitrogen and oxygen atoms in total. The topological polar surface area (TPSA) is 45.5 Å². The molecule has 1 saturated heterocycles. The highest BCUT2D eigenvalue weighted by Crippen LogP contribution is 2.43. The molecule has 3 unspecified atom stereocenters. The Morgan fingerprint density at radius 2 is 1.82 bits per heavy atom. The van der Waals surface area contributed by atoms with E-state index in [9.17, 15) is 0 Å². The summed E-state index contributed by atoms with van der Waals surface area (Å²) in [5.74, 6) is -1.10. The lowest BCUT2D eigenvalue weighted by molar-refractivity contribution is -0.198. The highest BCUT2D eigenvalue weighted by Gasteiger charge is 2.47. The predicted octanol–water partition coefficient (Wildman–Crippen LogP) is 6.51. The van der Waals surface area contributed by atoms with Crippen molar-refractivity contribution in [3.63, 3.8) is 0 Å². The lowest BCUT2D eigenvalue weighted by Crippen LogP contribution is -2.34. The first-order valence-electron chi connectivity index (χ1n) is 11.0. The number of aromatic nitrogens is 2. The zero-order valence-electron chi connectivity index (χ0n) is 18.6. The second kappa shape index (κ2) is 9.90. The third-order valence-electron chi connectivity index (χ3n) is 6.05. The fourth-order valence-electron chi connectivity index (χ4n) is 4.41. The average molecular weight is 495 g/mol. The summed E-state index contributed by atoms with van der Waals surface area (Å²) < 4.78 is 20.8. The molecular weight excluding hydrogens is 471 g/mol. The number of benzene rings is 3. The fourth-order valence-corrected chi connectivity index (χ4v) is 4.96. The Hall–Kier alpha value is -2.67. The van der Waals surface area contributed by atoms with Crippen molar-refractivity contribution in [3.05, 3.63) is 113 Å². The maximum atomic E-state index is 6.63. The van der Waals surface area contributed by atoms with Gasteiger partial charge in [-0.25, -0.2) is 4.98 Å². The summed E-state index contributed by atoms with van der Waals surface area (Å²) in [7, 11) is 1.68. The summed E-state index contributed by atoms with van der Waals surface area (Å²) in [6, 6.07) is 23.9. The van der Waals surface area contributed by atoms with Gasteiger partial charge in [-0.15, -0.1) is 0 Å². The minimum Gasteiger partial charge on any atom is -0.374 e. The molecule has 7 heteroatoms. The highest BCUT2D eigenvalue weighted by molar-refractivity contribution is 6.35.